The molecule has 6 aromatic rings. The van der Waals surface area contributed by atoms with Crippen LogP contribution in [0.3, 0.4) is 0 Å². The average Bonchev–Trinajstić information content (AvgIpc) is 3.57. The maximum Gasteiger partial charge on any atom is 0.0960 e. The molecule has 0 aliphatic carbocycles. The molecule has 2 aromatic carbocycles. The zero-order valence-corrected chi connectivity index (χ0v) is 21.3. The van der Waals surface area contributed by atoms with Gasteiger partial charge in [0.2, 0.25) is 0 Å². The lowest BCUT2D eigenvalue weighted by atomic mass is 9.86. The molecular formula is C29H29N7O. The van der Waals surface area contributed by atoms with E-state index in [1.165, 1.54) is 11.1 Å². The van der Waals surface area contributed by atoms with Crippen LogP contribution in [0.15, 0.2) is 60.9 Å². The highest BCUT2D eigenvalue weighted by Gasteiger charge is 2.30. The van der Waals surface area contributed by atoms with Gasteiger partial charge in [0.1, 0.15) is 0 Å². The SMILES string of the molecule is Cc1nnn(C)c1-c1cnc2c3cc4cnn(C)c4cc3n(C(c3ccccc3)C3CCOCC3)c2c1. The minimum atomic E-state index is 0.151. The molecule has 8 nitrogen and oxygen atoms in total. The number of hydrogen-bond donors (Lipinski definition) is 0. The molecule has 1 unspecified atom stereocenters. The molecule has 5 heterocycles. The van der Waals surface area contributed by atoms with E-state index in [9.17, 15) is 0 Å². The highest BCUT2D eigenvalue weighted by atomic mass is 16.5. The van der Waals surface area contributed by atoms with Gasteiger partial charge in [-0.05, 0) is 49.4 Å². The highest BCUT2D eigenvalue weighted by molar-refractivity contribution is 6.11. The Hall–Kier alpha value is -4.04. The molecule has 4 aromatic heterocycles. The molecule has 0 bridgehead atoms. The van der Waals surface area contributed by atoms with Gasteiger partial charge >= 0.3 is 0 Å². The van der Waals surface area contributed by atoms with E-state index >= 15 is 0 Å². The van der Waals surface area contributed by atoms with E-state index in [-0.39, 0.29) is 6.04 Å². The van der Waals surface area contributed by atoms with Crippen molar-refractivity contribution in [1.29, 1.82) is 0 Å². The fraction of sp³-hybridized carbons (Fsp3) is 0.310. The maximum absolute atomic E-state index is 5.79. The lowest BCUT2D eigenvalue weighted by Gasteiger charge is -2.33. The normalized spacial score (nSPS) is 15.8. The van der Waals surface area contributed by atoms with Gasteiger partial charge in [-0.15, -0.1) is 5.10 Å². The molecule has 0 radical (unpaired) electrons. The fourth-order valence-corrected chi connectivity index (χ4v) is 6.15. The third kappa shape index (κ3) is 3.47. The second kappa shape index (κ2) is 8.52. The van der Waals surface area contributed by atoms with Gasteiger partial charge in [-0.3, -0.25) is 9.67 Å². The quantitative estimate of drug-likeness (QED) is 0.339. The van der Waals surface area contributed by atoms with Crippen LogP contribution in [0.4, 0.5) is 0 Å². The Morgan fingerprint density at radius 2 is 1.73 bits per heavy atom. The van der Waals surface area contributed by atoms with Crippen LogP contribution < -0.4 is 0 Å². The van der Waals surface area contributed by atoms with Crippen molar-refractivity contribution < 1.29 is 4.74 Å². The van der Waals surface area contributed by atoms with Gasteiger partial charge in [-0.1, -0.05) is 35.5 Å². The second-order valence-electron chi connectivity index (χ2n) is 10.1. The van der Waals surface area contributed by atoms with Gasteiger partial charge in [0.05, 0.1) is 45.7 Å². The van der Waals surface area contributed by atoms with Crippen molar-refractivity contribution in [2.24, 2.45) is 20.0 Å². The largest absolute Gasteiger partial charge is 0.381 e. The summed E-state index contributed by atoms with van der Waals surface area (Å²) >= 11 is 0. The van der Waals surface area contributed by atoms with Gasteiger partial charge < -0.3 is 9.30 Å². The summed E-state index contributed by atoms with van der Waals surface area (Å²) in [6.07, 6.45) is 5.93. The van der Waals surface area contributed by atoms with Crippen molar-refractivity contribution in [3.63, 3.8) is 0 Å². The molecule has 37 heavy (non-hydrogen) atoms. The van der Waals surface area contributed by atoms with Crippen LogP contribution in [0.25, 0.3) is 44.1 Å². The molecule has 7 rings (SSSR count). The van der Waals surface area contributed by atoms with Crippen LogP contribution in [0.2, 0.25) is 0 Å². The molecule has 0 spiro atoms. The Labute approximate surface area is 214 Å². The molecule has 0 amide bonds. The summed E-state index contributed by atoms with van der Waals surface area (Å²) in [7, 11) is 3.94. The van der Waals surface area contributed by atoms with Crippen molar-refractivity contribution in [3.8, 4) is 11.3 Å². The standard InChI is InChI=1S/C29H29N7O/c1-18-28(35(3)33-32-18)22-14-26-27(30-16-22)23-13-21-17-31-34(2)24(21)15-25(23)36(26)29(19-7-5-4-6-8-19)20-9-11-37-12-10-20/h4-8,13-17,20,29H,9-12H2,1-3H3. The van der Waals surface area contributed by atoms with Crippen LogP contribution in [0.1, 0.15) is 30.1 Å². The Bertz CT molecular complexity index is 1740. The van der Waals surface area contributed by atoms with E-state index in [0.717, 1.165) is 70.3 Å². The number of aromatic nitrogens is 7. The minimum Gasteiger partial charge on any atom is -0.381 e. The number of fused-ring (bicyclic) bond motifs is 4. The summed E-state index contributed by atoms with van der Waals surface area (Å²) in [5.74, 6) is 0.445. The van der Waals surface area contributed by atoms with Gasteiger partial charge in [0.15, 0.2) is 0 Å². The Morgan fingerprint density at radius 1 is 0.919 bits per heavy atom. The first kappa shape index (κ1) is 22.2. The summed E-state index contributed by atoms with van der Waals surface area (Å²) in [6, 6.07) is 17.8. The molecule has 1 aliphatic heterocycles. The van der Waals surface area contributed by atoms with Gasteiger partial charge in [0, 0.05) is 49.8 Å². The number of benzene rings is 2. The van der Waals surface area contributed by atoms with E-state index < -0.39 is 0 Å². The molecule has 0 saturated carbocycles. The Kier molecular flexibility index (Phi) is 5.11. The smallest absolute Gasteiger partial charge is 0.0960 e. The Morgan fingerprint density at radius 3 is 2.49 bits per heavy atom. The van der Waals surface area contributed by atoms with Crippen LogP contribution in [-0.4, -0.2) is 47.5 Å². The molecule has 8 heteroatoms. The van der Waals surface area contributed by atoms with Gasteiger partial charge in [-0.2, -0.15) is 5.10 Å². The van der Waals surface area contributed by atoms with Gasteiger partial charge in [0.25, 0.3) is 0 Å². The summed E-state index contributed by atoms with van der Waals surface area (Å²) < 4.78 is 12.1. The van der Waals surface area contributed by atoms with E-state index in [2.05, 4.69) is 68.5 Å². The van der Waals surface area contributed by atoms with Crippen molar-refractivity contribution in [2.75, 3.05) is 13.2 Å². The zero-order valence-electron chi connectivity index (χ0n) is 21.3. The molecule has 1 fully saturated rings. The Balaban J connectivity index is 1.58. The third-order valence-corrected chi connectivity index (χ3v) is 7.91. The summed E-state index contributed by atoms with van der Waals surface area (Å²) in [5.41, 5.74) is 8.63. The van der Waals surface area contributed by atoms with Crippen molar-refractivity contribution in [1.82, 2.24) is 34.3 Å². The topological polar surface area (TPSA) is 75.6 Å². The lowest BCUT2D eigenvalue weighted by molar-refractivity contribution is 0.0553. The van der Waals surface area contributed by atoms with E-state index in [4.69, 9.17) is 9.72 Å². The second-order valence-corrected chi connectivity index (χ2v) is 10.1. The van der Waals surface area contributed by atoms with Crippen LogP contribution in [0, 0.1) is 12.8 Å². The predicted molar refractivity (Wildman–Crippen MR) is 144 cm³/mol. The van der Waals surface area contributed by atoms with E-state index in [1.54, 1.807) is 0 Å². The number of hydrogen-bond acceptors (Lipinski definition) is 5. The summed E-state index contributed by atoms with van der Waals surface area (Å²) in [5, 5.41) is 15.3. The first-order valence-corrected chi connectivity index (χ1v) is 12.8. The average molecular weight is 492 g/mol. The first-order valence-electron chi connectivity index (χ1n) is 12.8. The molecule has 1 saturated heterocycles. The van der Waals surface area contributed by atoms with E-state index in [0.29, 0.717) is 5.92 Å². The first-order chi connectivity index (χ1) is 18.1. The number of nitrogens with zero attached hydrogens (tertiary/aromatic N) is 7. The van der Waals surface area contributed by atoms with Gasteiger partial charge in [-0.25, -0.2) is 4.68 Å². The highest BCUT2D eigenvalue weighted by Crippen LogP contribution is 2.42. The maximum atomic E-state index is 5.79. The molecular weight excluding hydrogens is 462 g/mol. The minimum absolute atomic E-state index is 0.151. The zero-order chi connectivity index (χ0) is 25.1. The van der Waals surface area contributed by atoms with Crippen LogP contribution >= 0.6 is 0 Å². The number of ether oxygens (including phenoxy) is 1. The summed E-state index contributed by atoms with van der Waals surface area (Å²) in [6.45, 7) is 3.58. The molecule has 0 N–H and O–H groups in total. The summed E-state index contributed by atoms with van der Waals surface area (Å²) in [4.78, 5) is 5.06. The number of aryl methyl sites for hydroxylation is 3. The van der Waals surface area contributed by atoms with Crippen molar-refractivity contribution >= 4 is 32.8 Å². The monoisotopic (exact) mass is 491 g/mol. The van der Waals surface area contributed by atoms with Crippen LogP contribution in [-0.2, 0) is 18.8 Å². The van der Waals surface area contributed by atoms with Crippen molar-refractivity contribution in [2.45, 2.75) is 25.8 Å². The van der Waals surface area contributed by atoms with Crippen molar-refractivity contribution in [3.05, 3.63) is 72.2 Å². The number of pyridine rings is 1. The molecule has 1 aliphatic rings. The van der Waals surface area contributed by atoms with Crippen LogP contribution in [0.5, 0.6) is 0 Å². The number of rotatable bonds is 4. The third-order valence-electron chi connectivity index (χ3n) is 7.91. The lowest BCUT2D eigenvalue weighted by Crippen LogP contribution is -2.26. The fourth-order valence-electron chi connectivity index (χ4n) is 6.15. The van der Waals surface area contributed by atoms with E-state index in [1.807, 2.05) is 42.8 Å². The molecule has 1 atom stereocenters. The predicted octanol–water partition coefficient (Wildman–Crippen LogP) is 5.20. The molecule has 186 valence electrons.